The molecule has 0 fully saturated rings. The average molecular weight is 212 g/mol. The van der Waals surface area contributed by atoms with Crippen LogP contribution in [-0.4, -0.2) is 16.0 Å². The third kappa shape index (κ3) is 1.61. The van der Waals surface area contributed by atoms with Gasteiger partial charge in [-0.1, -0.05) is 6.07 Å². The second-order valence-corrected chi connectivity index (χ2v) is 3.44. The van der Waals surface area contributed by atoms with Gasteiger partial charge in [0.1, 0.15) is 5.52 Å². The maximum absolute atomic E-state index is 9.51. The lowest BCUT2D eigenvalue weighted by molar-refractivity contribution is 0.203. The van der Waals surface area contributed by atoms with Crippen LogP contribution < -0.4 is 0 Å². The second kappa shape index (κ2) is 3.59. The van der Waals surface area contributed by atoms with Crippen LogP contribution in [0.25, 0.3) is 11.1 Å². The van der Waals surface area contributed by atoms with E-state index in [0.717, 1.165) is 16.7 Å². The molecule has 2 rings (SSSR count). The van der Waals surface area contributed by atoms with Gasteiger partial charge in [-0.15, -0.1) is 11.6 Å². The van der Waals surface area contributed by atoms with Crippen LogP contribution >= 0.6 is 11.6 Å². The Morgan fingerprint density at radius 2 is 2.36 bits per heavy atom. The molecular formula is C10H10ClNO2. The molecule has 1 N–H and O–H groups in total. The van der Waals surface area contributed by atoms with Crippen molar-refractivity contribution in [1.82, 2.24) is 4.98 Å². The summed E-state index contributed by atoms with van der Waals surface area (Å²) in [6.45, 7) is 1.79. The summed E-state index contributed by atoms with van der Waals surface area (Å²) in [5.41, 5.74) is 2.25. The number of benzene rings is 1. The SMILES string of the molecule is Cc1nc2cc(C(O)CCl)ccc2o1. The van der Waals surface area contributed by atoms with Crippen molar-refractivity contribution in [2.24, 2.45) is 0 Å². The molecule has 0 aliphatic carbocycles. The molecule has 0 aliphatic heterocycles. The Kier molecular flexibility index (Phi) is 2.44. The van der Waals surface area contributed by atoms with Gasteiger partial charge < -0.3 is 9.52 Å². The van der Waals surface area contributed by atoms with E-state index in [1.165, 1.54) is 0 Å². The molecule has 0 amide bonds. The number of aromatic nitrogens is 1. The van der Waals surface area contributed by atoms with Crippen LogP contribution in [0, 0.1) is 6.92 Å². The molecular weight excluding hydrogens is 202 g/mol. The third-order valence-electron chi connectivity index (χ3n) is 2.05. The molecule has 3 nitrogen and oxygen atoms in total. The number of hydrogen-bond donors (Lipinski definition) is 1. The summed E-state index contributed by atoms with van der Waals surface area (Å²) in [4.78, 5) is 4.17. The Morgan fingerprint density at radius 3 is 3.07 bits per heavy atom. The quantitative estimate of drug-likeness (QED) is 0.776. The predicted octanol–water partition coefficient (Wildman–Crippen LogP) is 2.41. The van der Waals surface area contributed by atoms with Crippen molar-refractivity contribution in [2.45, 2.75) is 13.0 Å². The molecule has 0 spiro atoms. The summed E-state index contributed by atoms with van der Waals surface area (Å²) in [6, 6.07) is 5.37. The Labute approximate surface area is 86.3 Å². The number of oxazole rings is 1. The standard InChI is InChI=1S/C10H10ClNO2/c1-6-12-8-4-7(9(13)5-11)2-3-10(8)14-6/h2-4,9,13H,5H2,1H3. The van der Waals surface area contributed by atoms with Gasteiger partial charge in [-0.05, 0) is 17.7 Å². The van der Waals surface area contributed by atoms with Gasteiger partial charge in [-0.2, -0.15) is 0 Å². The van der Waals surface area contributed by atoms with Crippen LogP contribution in [-0.2, 0) is 0 Å². The summed E-state index contributed by atoms with van der Waals surface area (Å²) >= 11 is 5.55. The summed E-state index contributed by atoms with van der Waals surface area (Å²) in [6.07, 6.45) is -0.641. The van der Waals surface area contributed by atoms with Crippen LogP contribution in [0.5, 0.6) is 0 Å². The monoisotopic (exact) mass is 211 g/mol. The van der Waals surface area contributed by atoms with Gasteiger partial charge in [0, 0.05) is 6.92 Å². The highest BCUT2D eigenvalue weighted by Gasteiger charge is 2.08. The Hall–Kier alpha value is -1.06. The van der Waals surface area contributed by atoms with Crippen molar-refractivity contribution in [3.8, 4) is 0 Å². The molecule has 4 heteroatoms. The summed E-state index contributed by atoms with van der Waals surface area (Å²) in [5, 5.41) is 9.51. The van der Waals surface area contributed by atoms with Gasteiger partial charge in [-0.3, -0.25) is 0 Å². The number of aliphatic hydroxyl groups is 1. The number of halogens is 1. The van der Waals surface area contributed by atoms with Crippen LogP contribution in [0.4, 0.5) is 0 Å². The van der Waals surface area contributed by atoms with E-state index in [0.29, 0.717) is 5.89 Å². The van der Waals surface area contributed by atoms with Gasteiger partial charge >= 0.3 is 0 Å². The molecule has 74 valence electrons. The minimum absolute atomic E-state index is 0.183. The van der Waals surface area contributed by atoms with E-state index in [9.17, 15) is 5.11 Å². The zero-order chi connectivity index (χ0) is 10.1. The fraction of sp³-hybridized carbons (Fsp3) is 0.300. The first-order chi connectivity index (χ1) is 6.70. The molecule has 1 atom stereocenters. The predicted molar refractivity (Wildman–Crippen MR) is 54.4 cm³/mol. The van der Waals surface area contributed by atoms with Gasteiger partial charge in [0.05, 0.1) is 12.0 Å². The van der Waals surface area contributed by atoms with Crippen molar-refractivity contribution < 1.29 is 9.52 Å². The van der Waals surface area contributed by atoms with E-state index in [-0.39, 0.29) is 5.88 Å². The molecule has 1 aromatic heterocycles. The normalized spacial score (nSPS) is 13.4. The van der Waals surface area contributed by atoms with E-state index >= 15 is 0 Å². The molecule has 0 saturated carbocycles. The Balaban J connectivity index is 2.50. The lowest BCUT2D eigenvalue weighted by Gasteiger charge is -2.05. The second-order valence-electron chi connectivity index (χ2n) is 3.13. The number of hydrogen-bond acceptors (Lipinski definition) is 3. The largest absolute Gasteiger partial charge is 0.441 e. The summed E-state index contributed by atoms with van der Waals surface area (Å²) in [7, 11) is 0. The highest BCUT2D eigenvalue weighted by molar-refractivity contribution is 6.18. The van der Waals surface area contributed by atoms with Crippen LogP contribution in [0.1, 0.15) is 17.6 Å². The third-order valence-corrected chi connectivity index (χ3v) is 2.34. The van der Waals surface area contributed by atoms with Crippen LogP contribution in [0.2, 0.25) is 0 Å². The average Bonchev–Trinajstić information content (AvgIpc) is 2.55. The molecule has 0 aliphatic rings. The number of rotatable bonds is 2. The summed E-state index contributed by atoms with van der Waals surface area (Å²) in [5.74, 6) is 0.806. The summed E-state index contributed by atoms with van der Waals surface area (Å²) < 4.78 is 5.31. The number of fused-ring (bicyclic) bond motifs is 1. The van der Waals surface area contributed by atoms with E-state index in [1.54, 1.807) is 25.1 Å². The van der Waals surface area contributed by atoms with Crippen molar-refractivity contribution in [3.63, 3.8) is 0 Å². The fourth-order valence-electron chi connectivity index (χ4n) is 1.36. The highest BCUT2D eigenvalue weighted by atomic mass is 35.5. The van der Waals surface area contributed by atoms with E-state index in [1.807, 2.05) is 0 Å². The van der Waals surface area contributed by atoms with Crippen molar-refractivity contribution in [3.05, 3.63) is 29.7 Å². The topological polar surface area (TPSA) is 46.3 Å². The lowest BCUT2D eigenvalue weighted by atomic mass is 10.1. The Morgan fingerprint density at radius 1 is 1.57 bits per heavy atom. The minimum atomic E-state index is -0.641. The van der Waals surface area contributed by atoms with E-state index in [4.69, 9.17) is 16.0 Å². The first kappa shape index (κ1) is 9.49. The van der Waals surface area contributed by atoms with Gasteiger partial charge in [0.2, 0.25) is 0 Å². The fourth-order valence-corrected chi connectivity index (χ4v) is 1.53. The van der Waals surface area contributed by atoms with Gasteiger partial charge in [0.15, 0.2) is 11.5 Å². The molecule has 0 saturated heterocycles. The minimum Gasteiger partial charge on any atom is -0.441 e. The van der Waals surface area contributed by atoms with Gasteiger partial charge in [0.25, 0.3) is 0 Å². The maximum atomic E-state index is 9.51. The number of aliphatic hydroxyl groups excluding tert-OH is 1. The molecule has 0 bridgehead atoms. The first-order valence-electron chi connectivity index (χ1n) is 4.32. The zero-order valence-corrected chi connectivity index (χ0v) is 8.45. The van der Waals surface area contributed by atoms with E-state index < -0.39 is 6.10 Å². The van der Waals surface area contributed by atoms with Crippen LogP contribution in [0.15, 0.2) is 22.6 Å². The number of aryl methyl sites for hydroxylation is 1. The molecule has 1 aromatic carbocycles. The first-order valence-corrected chi connectivity index (χ1v) is 4.85. The molecule has 1 heterocycles. The van der Waals surface area contributed by atoms with E-state index in [2.05, 4.69) is 4.98 Å². The van der Waals surface area contributed by atoms with Crippen molar-refractivity contribution in [2.75, 3.05) is 5.88 Å². The molecule has 14 heavy (non-hydrogen) atoms. The molecule has 2 aromatic rings. The zero-order valence-electron chi connectivity index (χ0n) is 7.70. The number of alkyl halides is 1. The highest BCUT2D eigenvalue weighted by Crippen LogP contribution is 2.21. The Bertz CT molecular complexity index is 452. The molecule has 0 radical (unpaired) electrons. The van der Waals surface area contributed by atoms with Crippen molar-refractivity contribution in [1.29, 1.82) is 0 Å². The van der Waals surface area contributed by atoms with Crippen molar-refractivity contribution >= 4 is 22.7 Å². The molecule has 1 unspecified atom stereocenters. The van der Waals surface area contributed by atoms with Crippen LogP contribution in [0.3, 0.4) is 0 Å². The smallest absolute Gasteiger partial charge is 0.192 e. The number of nitrogens with zero attached hydrogens (tertiary/aromatic N) is 1. The van der Waals surface area contributed by atoms with Gasteiger partial charge in [-0.25, -0.2) is 4.98 Å². The lowest BCUT2D eigenvalue weighted by Crippen LogP contribution is -1.97. The maximum Gasteiger partial charge on any atom is 0.192 e.